The summed E-state index contributed by atoms with van der Waals surface area (Å²) in [5, 5.41) is 0.237. The lowest BCUT2D eigenvalue weighted by Crippen LogP contribution is -2.40. The number of hydrogen-bond acceptors (Lipinski definition) is 8. The molecule has 4 rings (SSSR count). The first kappa shape index (κ1) is 29.8. The number of Topliss-reactive ketones (excluding diaryl/α,β-unsaturated/α-hetero) is 1. The summed E-state index contributed by atoms with van der Waals surface area (Å²) in [7, 11) is -7.74. The van der Waals surface area contributed by atoms with Crippen molar-refractivity contribution in [2.75, 3.05) is 31.0 Å². The summed E-state index contributed by atoms with van der Waals surface area (Å²) in [6, 6.07) is 13.4. The Kier molecular flexibility index (Phi) is 9.58. The van der Waals surface area contributed by atoms with Gasteiger partial charge < -0.3 is 4.74 Å². The molecule has 208 valence electrons. The Bertz CT molecular complexity index is 1580. The Morgan fingerprint density at radius 1 is 1.03 bits per heavy atom. The maximum absolute atomic E-state index is 12.9. The topological polar surface area (TPSA) is 123 Å². The molecule has 1 N–H and O–H groups in total. The zero-order valence-corrected chi connectivity index (χ0v) is 24.7. The smallest absolute Gasteiger partial charge is 0.264 e. The number of rotatable bonds is 10. The Morgan fingerprint density at radius 2 is 1.72 bits per heavy atom. The minimum Gasteiger partial charge on any atom is -0.379 e. The fourth-order valence-electron chi connectivity index (χ4n) is 3.76. The molecule has 0 spiro atoms. The number of nitrogens with one attached hydrogen (secondary N) is 1. The number of halogens is 2. The van der Waals surface area contributed by atoms with Crippen LogP contribution in [0.25, 0.3) is 0 Å². The van der Waals surface area contributed by atoms with E-state index in [1.807, 2.05) is 6.92 Å². The van der Waals surface area contributed by atoms with Gasteiger partial charge in [-0.25, -0.2) is 21.8 Å². The second-order valence-electron chi connectivity index (χ2n) is 8.49. The van der Waals surface area contributed by atoms with Gasteiger partial charge in [-0.1, -0.05) is 41.9 Å². The maximum atomic E-state index is 12.9. The summed E-state index contributed by atoms with van der Waals surface area (Å²) in [4.78, 5) is 18.4. The first-order valence-corrected chi connectivity index (χ1v) is 16.4. The van der Waals surface area contributed by atoms with Crippen LogP contribution in [0.4, 0.5) is 5.82 Å². The Balaban J connectivity index is 1.59. The van der Waals surface area contributed by atoms with Crippen LogP contribution in [0.3, 0.4) is 0 Å². The zero-order valence-electron chi connectivity index (χ0n) is 20.8. The van der Waals surface area contributed by atoms with Crippen LogP contribution in [-0.4, -0.2) is 58.2 Å². The van der Waals surface area contributed by atoms with Gasteiger partial charge in [-0.3, -0.25) is 9.52 Å². The third kappa shape index (κ3) is 7.12. The van der Waals surface area contributed by atoms with Gasteiger partial charge in [0.15, 0.2) is 5.78 Å². The van der Waals surface area contributed by atoms with Gasteiger partial charge in [-0.15, -0.1) is 0 Å². The van der Waals surface area contributed by atoms with Gasteiger partial charge in [0, 0.05) is 34.3 Å². The third-order valence-corrected chi connectivity index (χ3v) is 10.7. The van der Waals surface area contributed by atoms with E-state index in [4.69, 9.17) is 27.9 Å². The number of benzene rings is 2. The second kappa shape index (κ2) is 12.5. The van der Waals surface area contributed by atoms with Crippen molar-refractivity contribution in [2.45, 2.75) is 39.3 Å². The van der Waals surface area contributed by atoms with Crippen LogP contribution in [0.15, 0.2) is 74.2 Å². The molecule has 39 heavy (non-hydrogen) atoms. The Morgan fingerprint density at radius 3 is 2.36 bits per heavy atom. The fraction of sp³-hybridized carbons (Fsp3) is 0.280. The molecule has 0 bridgehead atoms. The predicted octanol–water partition coefficient (Wildman–Crippen LogP) is 5.34. The summed E-state index contributed by atoms with van der Waals surface area (Å²) >= 11 is 13.2. The van der Waals surface area contributed by atoms with E-state index in [-0.39, 0.29) is 43.6 Å². The predicted molar refractivity (Wildman–Crippen MR) is 151 cm³/mol. The largest absolute Gasteiger partial charge is 0.379 e. The molecule has 0 unspecified atom stereocenters. The molecular weight excluding hydrogens is 605 g/mol. The fourth-order valence-corrected chi connectivity index (χ4v) is 7.86. The lowest BCUT2D eigenvalue weighted by Gasteiger charge is -2.26. The van der Waals surface area contributed by atoms with Crippen LogP contribution in [0.2, 0.25) is 10.0 Å². The van der Waals surface area contributed by atoms with Crippen LogP contribution in [-0.2, 0) is 24.8 Å². The van der Waals surface area contributed by atoms with Gasteiger partial charge in [0.1, 0.15) is 16.4 Å². The number of anilines is 1. The number of ketones is 1. The first-order valence-electron chi connectivity index (χ1n) is 11.9. The van der Waals surface area contributed by atoms with E-state index in [1.54, 1.807) is 18.2 Å². The molecular formula is C25H25Cl2N3O6S3. The third-order valence-electron chi connectivity index (χ3n) is 5.68. The number of ether oxygens (including phenoxy) is 1. The molecule has 1 fully saturated rings. The number of aromatic nitrogens is 1. The molecule has 9 nitrogen and oxygen atoms in total. The van der Waals surface area contributed by atoms with E-state index in [1.165, 1.54) is 52.5 Å². The number of pyridine rings is 1. The van der Waals surface area contributed by atoms with Gasteiger partial charge in [0.05, 0.1) is 23.1 Å². The van der Waals surface area contributed by atoms with Crippen molar-refractivity contribution in [3.8, 4) is 0 Å². The van der Waals surface area contributed by atoms with Crippen molar-refractivity contribution >= 4 is 66.6 Å². The molecule has 1 aromatic heterocycles. The van der Waals surface area contributed by atoms with Crippen LogP contribution in [0.1, 0.15) is 30.3 Å². The van der Waals surface area contributed by atoms with Gasteiger partial charge in [-0.2, -0.15) is 4.31 Å². The molecule has 1 aliphatic rings. The lowest BCUT2D eigenvalue weighted by atomic mass is 10.1. The molecule has 1 saturated heterocycles. The molecule has 0 aliphatic carbocycles. The summed E-state index contributed by atoms with van der Waals surface area (Å²) in [5.74, 6) is -0.297. The van der Waals surface area contributed by atoms with Crippen LogP contribution < -0.4 is 4.72 Å². The van der Waals surface area contributed by atoms with Crippen molar-refractivity contribution in [1.29, 1.82) is 0 Å². The number of nitrogens with zero attached hydrogens (tertiary/aromatic N) is 2. The highest BCUT2D eigenvalue weighted by atomic mass is 35.5. The second-order valence-corrected chi connectivity index (χ2v) is 14.0. The zero-order chi connectivity index (χ0) is 28.2. The average Bonchev–Trinajstić information content (AvgIpc) is 2.90. The number of sulfonamides is 2. The van der Waals surface area contributed by atoms with Gasteiger partial charge in [-0.05, 0) is 61.0 Å². The first-order chi connectivity index (χ1) is 18.5. The molecule has 1 aliphatic heterocycles. The Labute approximate surface area is 242 Å². The molecule has 3 aromatic rings. The lowest BCUT2D eigenvalue weighted by molar-refractivity contribution is 0.0730. The van der Waals surface area contributed by atoms with Crippen LogP contribution in [0.5, 0.6) is 0 Å². The molecule has 14 heteroatoms. The van der Waals surface area contributed by atoms with E-state index in [0.29, 0.717) is 42.5 Å². The monoisotopic (exact) mass is 629 g/mol. The summed E-state index contributed by atoms with van der Waals surface area (Å²) < 4.78 is 60.6. The molecule has 0 saturated carbocycles. The molecule has 2 aromatic carbocycles. The summed E-state index contributed by atoms with van der Waals surface area (Å²) in [6.07, 6.45) is 0.797. The van der Waals surface area contributed by atoms with Crippen LogP contribution in [0, 0.1) is 0 Å². The minimum absolute atomic E-state index is 0.0447. The van der Waals surface area contributed by atoms with E-state index >= 15 is 0 Å². The Hall–Kier alpha value is -2.19. The standard InChI is InChI=1S/C25H25Cl2N3O6S3/c1-2-3-21(31)25-22(9-11-24(28-25)29-38(32,33)23-10-4-17(26)16-20(23)27)37-18-5-7-19(8-6-18)39(34,35)30-12-14-36-15-13-30/h4-11,16H,2-3,12-15H2,1H3,(H,28,29). The van der Waals surface area contributed by atoms with Crippen LogP contribution >= 0.6 is 35.0 Å². The highest BCUT2D eigenvalue weighted by molar-refractivity contribution is 7.99. The quantitative estimate of drug-likeness (QED) is 0.298. The van der Waals surface area contributed by atoms with Gasteiger partial charge >= 0.3 is 0 Å². The molecule has 0 amide bonds. The van der Waals surface area contributed by atoms with Crippen molar-refractivity contribution in [3.05, 3.63) is 70.3 Å². The maximum Gasteiger partial charge on any atom is 0.264 e. The van der Waals surface area contributed by atoms with E-state index < -0.39 is 20.0 Å². The highest BCUT2D eigenvalue weighted by Gasteiger charge is 2.26. The van der Waals surface area contributed by atoms with E-state index in [9.17, 15) is 21.6 Å². The van der Waals surface area contributed by atoms with Crippen molar-refractivity contribution in [1.82, 2.24) is 9.29 Å². The van der Waals surface area contributed by atoms with Gasteiger partial charge in [0.25, 0.3) is 10.0 Å². The molecule has 2 heterocycles. The van der Waals surface area contributed by atoms with E-state index in [0.717, 1.165) is 0 Å². The SMILES string of the molecule is CCCC(=O)c1nc(NS(=O)(=O)c2ccc(Cl)cc2Cl)ccc1Sc1ccc(S(=O)(=O)N2CCOCC2)cc1. The summed E-state index contributed by atoms with van der Waals surface area (Å²) in [6.45, 7) is 3.16. The van der Waals surface area contributed by atoms with Crippen molar-refractivity contribution < 1.29 is 26.4 Å². The number of hydrogen-bond donors (Lipinski definition) is 1. The van der Waals surface area contributed by atoms with Crippen molar-refractivity contribution in [3.63, 3.8) is 0 Å². The van der Waals surface area contributed by atoms with E-state index in [2.05, 4.69) is 9.71 Å². The number of carbonyl (C=O) groups is 1. The number of carbonyl (C=O) groups excluding carboxylic acids is 1. The molecule has 0 atom stereocenters. The normalized spacial score (nSPS) is 14.7. The highest BCUT2D eigenvalue weighted by Crippen LogP contribution is 2.33. The number of morpholine rings is 1. The van der Waals surface area contributed by atoms with Gasteiger partial charge in [0.2, 0.25) is 10.0 Å². The summed E-state index contributed by atoms with van der Waals surface area (Å²) in [5.41, 5.74) is 0.106. The minimum atomic E-state index is -4.11. The molecule has 0 radical (unpaired) electrons. The van der Waals surface area contributed by atoms with Crippen molar-refractivity contribution in [2.24, 2.45) is 0 Å². The average molecular weight is 631 g/mol.